The summed E-state index contributed by atoms with van der Waals surface area (Å²) in [7, 11) is 0. The first kappa shape index (κ1) is 8.05. The molecule has 1 N–H and O–H groups in total. The molecule has 0 aromatic rings. The third-order valence-corrected chi connectivity index (χ3v) is 3.22. The first-order valence-electron chi connectivity index (χ1n) is 4.50. The molecule has 68 valence electrons. The summed E-state index contributed by atoms with van der Waals surface area (Å²) in [6.07, 6.45) is 2.34. The van der Waals surface area contributed by atoms with E-state index >= 15 is 0 Å². The van der Waals surface area contributed by atoms with Crippen LogP contribution in [-0.4, -0.2) is 23.3 Å². The lowest BCUT2D eigenvalue weighted by Gasteiger charge is -2.31. The minimum Gasteiger partial charge on any atom is -0.465 e. The zero-order valence-corrected chi connectivity index (χ0v) is 7.25. The van der Waals surface area contributed by atoms with Crippen molar-refractivity contribution in [1.29, 1.82) is 0 Å². The number of ether oxygens (including phenoxy) is 1. The summed E-state index contributed by atoms with van der Waals surface area (Å²) in [6.45, 7) is 2.31. The number of fused-ring (bicyclic) bond motifs is 1. The normalized spacial score (nSPS) is 47.0. The fourth-order valence-electron chi connectivity index (χ4n) is 2.46. The van der Waals surface area contributed by atoms with Gasteiger partial charge in [-0.2, -0.15) is 0 Å². The molecule has 3 nitrogen and oxygen atoms in total. The van der Waals surface area contributed by atoms with Crippen molar-refractivity contribution in [2.45, 2.75) is 31.8 Å². The monoisotopic (exact) mass is 170 g/mol. The Morgan fingerprint density at radius 1 is 1.58 bits per heavy atom. The van der Waals surface area contributed by atoms with E-state index in [-0.39, 0.29) is 17.8 Å². The SMILES string of the molecule is CC1(O)CCC2C(=O)OCCC21. The maximum absolute atomic E-state index is 11.2. The molecule has 0 amide bonds. The first-order valence-corrected chi connectivity index (χ1v) is 4.50. The quantitative estimate of drug-likeness (QED) is 0.545. The second-order valence-electron chi connectivity index (χ2n) is 4.07. The van der Waals surface area contributed by atoms with Crippen LogP contribution < -0.4 is 0 Å². The van der Waals surface area contributed by atoms with Crippen molar-refractivity contribution >= 4 is 5.97 Å². The molecule has 0 radical (unpaired) electrons. The Morgan fingerprint density at radius 3 is 3.00 bits per heavy atom. The Morgan fingerprint density at radius 2 is 2.33 bits per heavy atom. The second-order valence-corrected chi connectivity index (χ2v) is 4.07. The van der Waals surface area contributed by atoms with E-state index in [9.17, 15) is 9.90 Å². The Balaban J connectivity index is 2.20. The number of hydrogen-bond acceptors (Lipinski definition) is 3. The van der Waals surface area contributed by atoms with Crippen LogP contribution in [0.5, 0.6) is 0 Å². The summed E-state index contributed by atoms with van der Waals surface area (Å²) in [4.78, 5) is 11.2. The number of cyclic esters (lactones) is 1. The van der Waals surface area contributed by atoms with Crippen molar-refractivity contribution in [1.82, 2.24) is 0 Å². The highest BCUT2D eigenvalue weighted by Crippen LogP contribution is 2.44. The van der Waals surface area contributed by atoms with E-state index < -0.39 is 5.60 Å². The molecule has 3 heteroatoms. The van der Waals surface area contributed by atoms with Gasteiger partial charge in [-0.1, -0.05) is 0 Å². The standard InChI is InChI=1S/C9H14O3/c1-9(11)4-2-6-7(9)3-5-12-8(6)10/h6-7,11H,2-5H2,1H3. The second kappa shape index (κ2) is 2.46. The van der Waals surface area contributed by atoms with E-state index in [4.69, 9.17) is 4.74 Å². The molecule has 3 atom stereocenters. The van der Waals surface area contributed by atoms with Crippen molar-refractivity contribution in [2.24, 2.45) is 11.8 Å². The largest absolute Gasteiger partial charge is 0.465 e. The molecule has 0 bridgehead atoms. The lowest BCUT2D eigenvalue weighted by atomic mass is 9.83. The van der Waals surface area contributed by atoms with Gasteiger partial charge in [-0.3, -0.25) is 4.79 Å². The summed E-state index contributed by atoms with van der Waals surface area (Å²) in [6, 6.07) is 0. The fraction of sp³-hybridized carbons (Fsp3) is 0.889. The summed E-state index contributed by atoms with van der Waals surface area (Å²) < 4.78 is 4.94. The predicted octanol–water partition coefficient (Wildman–Crippen LogP) is 0.710. The Labute approximate surface area is 71.7 Å². The Hall–Kier alpha value is -0.570. The van der Waals surface area contributed by atoms with Crippen molar-refractivity contribution < 1.29 is 14.6 Å². The van der Waals surface area contributed by atoms with Crippen LogP contribution in [-0.2, 0) is 9.53 Å². The maximum atomic E-state index is 11.2. The molecule has 2 rings (SSSR count). The lowest BCUT2D eigenvalue weighted by molar-refractivity contribution is -0.159. The molecule has 1 heterocycles. The van der Waals surface area contributed by atoms with Gasteiger partial charge in [-0.05, 0) is 26.2 Å². The Bertz CT molecular complexity index is 210. The highest BCUT2D eigenvalue weighted by molar-refractivity contribution is 5.74. The minimum atomic E-state index is -0.635. The van der Waals surface area contributed by atoms with E-state index in [1.165, 1.54) is 0 Å². The van der Waals surface area contributed by atoms with Gasteiger partial charge in [0.05, 0.1) is 18.1 Å². The molecule has 0 aromatic carbocycles. The van der Waals surface area contributed by atoms with Gasteiger partial charge < -0.3 is 9.84 Å². The molecule has 1 aliphatic carbocycles. The highest BCUT2D eigenvalue weighted by atomic mass is 16.5. The maximum Gasteiger partial charge on any atom is 0.309 e. The van der Waals surface area contributed by atoms with E-state index in [1.54, 1.807) is 0 Å². The lowest BCUT2D eigenvalue weighted by Crippen LogP contribution is -2.39. The highest BCUT2D eigenvalue weighted by Gasteiger charge is 2.49. The van der Waals surface area contributed by atoms with Crippen molar-refractivity contribution in [2.75, 3.05) is 6.61 Å². The molecule has 0 aromatic heterocycles. The molecule has 2 fully saturated rings. The summed E-state index contributed by atoms with van der Waals surface area (Å²) in [5, 5.41) is 9.90. The molecular weight excluding hydrogens is 156 g/mol. The van der Waals surface area contributed by atoms with Gasteiger partial charge in [-0.15, -0.1) is 0 Å². The first-order chi connectivity index (χ1) is 5.61. The zero-order valence-electron chi connectivity index (χ0n) is 7.25. The van der Waals surface area contributed by atoms with Gasteiger partial charge in [0, 0.05) is 5.92 Å². The van der Waals surface area contributed by atoms with E-state index in [1.807, 2.05) is 6.92 Å². The summed E-state index contributed by atoms with van der Waals surface area (Å²) >= 11 is 0. The fourth-order valence-corrected chi connectivity index (χ4v) is 2.46. The number of esters is 1. The van der Waals surface area contributed by atoms with Crippen LogP contribution in [0.3, 0.4) is 0 Å². The number of carbonyl (C=O) groups excluding carboxylic acids is 1. The van der Waals surface area contributed by atoms with Crippen LogP contribution in [0.15, 0.2) is 0 Å². The molecule has 12 heavy (non-hydrogen) atoms. The van der Waals surface area contributed by atoms with Gasteiger partial charge in [0.2, 0.25) is 0 Å². The van der Waals surface area contributed by atoms with Gasteiger partial charge in [-0.25, -0.2) is 0 Å². The topological polar surface area (TPSA) is 46.5 Å². The summed E-state index contributed by atoms with van der Waals surface area (Å²) in [5.74, 6) is -0.00322. The third kappa shape index (κ3) is 1.04. The van der Waals surface area contributed by atoms with E-state index in [2.05, 4.69) is 0 Å². The van der Waals surface area contributed by atoms with Gasteiger partial charge in [0.15, 0.2) is 0 Å². The van der Waals surface area contributed by atoms with Gasteiger partial charge in [0.1, 0.15) is 0 Å². The smallest absolute Gasteiger partial charge is 0.309 e. The van der Waals surface area contributed by atoms with Crippen LogP contribution >= 0.6 is 0 Å². The van der Waals surface area contributed by atoms with Crippen LogP contribution in [0.1, 0.15) is 26.2 Å². The van der Waals surface area contributed by atoms with E-state index in [0.29, 0.717) is 6.61 Å². The predicted molar refractivity (Wildman–Crippen MR) is 42.4 cm³/mol. The van der Waals surface area contributed by atoms with Crippen molar-refractivity contribution in [3.8, 4) is 0 Å². The number of hydrogen-bond donors (Lipinski definition) is 1. The van der Waals surface area contributed by atoms with Gasteiger partial charge in [0.25, 0.3) is 0 Å². The molecule has 0 spiro atoms. The van der Waals surface area contributed by atoms with Gasteiger partial charge >= 0.3 is 5.97 Å². The molecule has 1 saturated heterocycles. The van der Waals surface area contributed by atoms with Crippen LogP contribution in [0, 0.1) is 11.8 Å². The van der Waals surface area contributed by atoms with Crippen LogP contribution in [0.2, 0.25) is 0 Å². The van der Waals surface area contributed by atoms with Crippen LogP contribution in [0.25, 0.3) is 0 Å². The average molecular weight is 170 g/mol. The number of carbonyl (C=O) groups is 1. The average Bonchev–Trinajstić information content (AvgIpc) is 2.30. The summed E-state index contributed by atoms with van der Waals surface area (Å²) in [5.41, 5.74) is -0.635. The Kier molecular flexibility index (Phi) is 1.65. The number of rotatable bonds is 0. The molecule has 2 aliphatic rings. The van der Waals surface area contributed by atoms with Crippen molar-refractivity contribution in [3.05, 3.63) is 0 Å². The minimum absolute atomic E-state index is 0.0336. The number of aliphatic hydroxyl groups is 1. The molecule has 3 unspecified atom stereocenters. The van der Waals surface area contributed by atoms with Crippen molar-refractivity contribution in [3.63, 3.8) is 0 Å². The van der Waals surface area contributed by atoms with E-state index in [0.717, 1.165) is 19.3 Å². The third-order valence-electron chi connectivity index (χ3n) is 3.22. The molecule has 1 saturated carbocycles. The van der Waals surface area contributed by atoms with Crippen LogP contribution in [0.4, 0.5) is 0 Å². The zero-order chi connectivity index (χ0) is 8.77. The molecule has 1 aliphatic heterocycles. The molecular formula is C9H14O3.